The number of aliphatic hydroxyl groups excluding tert-OH is 1. The van der Waals surface area contributed by atoms with Crippen molar-refractivity contribution < 1.29 is 9.66 Å². The van der Waals surface area contributed by atoms with Crippen LogP contribution in [0.5, 0.6) is 0 Å². The fourth-order valence-corrected chi connectivity index (χ4v) is 1.71. The molecule has 2 aromatic rings. The summed E-state index contributed by atoms with van der Waals surface area (Å²) in [5.41, 5.74) is 0.587. The van der Waals surface area contributed by atoms with Crippen molar-refractivity contribution in [3.8, 4) is 0 Å². The van der Waals surface area contributed by atoms with Gasteiger partial charge in [0.05, 0.1) is 5.52 Å². The van der Waals surface area contributed by atoms with Gasteiger partial charge in [0, 0.05) is 29.2 Å². The molecule has 1 atom stereocenters. The number of hydrogen-bond acceptors (Lipinski definition) is 4. The second-order valence-corrected chi connectivity index (χ2v) is 3.53. The minimum atomic E-state index is -0.914. The summed E-state index contributed by atoms with van der Waals surface area (Å²) < 4.78 is 8.79. The van der Waals surface area contributed by atoms with Crippen molar-refractivity contribution in [3.05, 3.63) is 42.1 Å². The van der Waals surface area contributed by atoms with E-state index in [2.05, 4.69) is 4.98 Å². The van der Waals surface area contributed by atoms with Gasteiger partial charge in [-0.2, -0.15) is 0 Å². The van der Waals surface area contributed by atoms with E-state index < -0.39 is 5.44 Å². The average Bonchev–Trinajstić information content (AvgIpc) is 2.27. The van der Waals surface area contributed by atoms with Gasteiger partial charge in [0.1, 0.15) is 0 Å². The molecule has 0 aliphatic carbocycles. The minimum absolute atomic E-state index is 0.420. The molecule has 0 amide bonds. The number of benzene rings is 1. The number of para-hydroxylation sites is 1. The first-order valence-corrected chi connectivity index (χ1v) is 4.98. The molecule has 0 saturated heterocycles. The summed E-state index contributed by atoms with van der Waals surface area (Å²) in [4.78, 5) is 4.16. The van der Waals surface area contributed by atoms with Crippen molar-refractivity contribution >= 4 is 22.9 Å². The van der Waals surface area contributed by atoms with Crippen LogP contribution in [0.25, 0.3) is 10.9 Å². The zero-order valence-corrected chi connectivity index (χ0v) is 8.11. The van der Waals surface area contributed by atoms with E-state index in [0.29, 0.717) is 17.6 Å². The second-order valence-electron chi connectivity index (χ2n) is 2.88. The predicted octanol–water partition coefficient (Wildman–Crippen LogP) is 2.43. The Labute approximate surface area is 85.6 Å². The molecule has 0 bridgehead atoms. The summed E-state index contributed by atoms with van der Waals surface area (Å²) in [6, 6.07) is 9.21. The maximum absolute atomic E-state index is 9.51. The molecule has 0 fully saturated rings. The number of fused-ring (bicyclic) bond motifs is 1. The van der Waals surface area contributed by atoms with Crippen LogP contribution in [0.2, 0.25) is 0 Å². The van der Waals surface area contributed by atoms with Crippen molar-refractivity contribution in [3.63, 3.8) is 0 Å². The lowest BCUT2D eigenvalue weighted by Gasteiger charge is -2.08. The molecule has 1 heterocycles. The van der Waals surface area contributed by atoms with Gasteiger partial charge in [0.2, 0.25) is 0 Å². The Hall–Kier alpha value is -1.10. The normalized spacial score (nSPS) is 13.0. The lowest BCUT2D eigenvalue weighted by molar-refractivity contribution is 0.264. The SMILES string of the molecule is OSC(O)c1ccnc2ccccc12. The van der Waals surface area contributed by atoms with Gasteiger partial charge < -0.3 is 9.66 Å². The van der Waals surface area contributed by atoms with Crippen LogP contribution >= 0.6 is 12.0 Å². The summed E-state index contributed by atoms with van der Waals surface area (Å²) in [5, 5.41) is 10.4. The van der Waals surface area contributed by atoms with E-state index in [0.717, 1.165) is 10.9 Å². The van der Waals surface area contributed by atoms with Crippen molar-refractivity contribution in [2.75, 3.05) is 0 Å². The molecule has 1 aromatic carbocycles. The van der Waals surface area contributed by atoms with E-state index in [9.17, 15) is 5.11 Å². The number of nitrogens with zero attached hydrogens (tertiary/aromatic N) is 1. The van der Waals surface area contributed by atoms with Crippen LogP contribution in [0.15, 0.2) is 36.5 Å². The Morgan fingerprint density at radius 2 is 2.00 bits per heavy atom. The van der Waals surface area contributed by atoms with Crippen LogP contribution in [-0.4, -0.2) is 14.6 Å². The zero-order valence-electron chi connectivity index (χ0n) is 7.29. The molecule has 14 heavy (non-hydrogen) atoms. The van der Waals surface area contributed by atoms with Gasteiger partial charge in [-0.1, -0.05) is 18.2 Å². The summed E-state index contributed by atoms with van der Waals surface area (Å²) >= 11 is 0.420. The summed E-state index contributed by atoms with van der Waals surface area (Å²) in [5.74, 6) is 0. The van der Waals surface area contributed by atoms with Crippen molar-refractivity contribution in [2.45, 2.75) is 5.44 Å². The number of aromatic nitrogens is 1. The minimum Gasteiger partial charge on any atom is -0.376 e. The lowest BCUT2D eigenvalue weighted by atomic mass is 10.1. The topological polar surface area (TPSA) is 53.4 Å². The maximum Gasteiger partial charge on any atom is 0.151 e. The third kappa shape index (κ3) is 1.59. The van der Waals surface area contributed by atoms with Crippen molar-refractivity contribution in [2.24, 2.45) is 0 Å². The Balaban J connectivity index is 2.65. The number of aliphatic hydroxyl groups is 1. The van der Waals surface area contributed by atoms with E-state index in [1.165, 1.54) is 0 Å². The molecule has 4 heteroatoms. The fraction of sp³-hybridized carbons (Fsp3) is 0.100. The highest BCUT2D eigenvalue weighted by Crippen LogP contribution is 2.28. The molecule has 1 unspecified atom stereocenters. The first kappa shape index (κ1) is 9.45. The van der Waals surface area contributed by atoms with E-state index in [4.69, 9.17) is 4.55 Å². The smallest absolute Gasteiger partial charge is 0.151 e. The van der Waals surface area contributed by atoms with Gasteiger partial charge in [0.25, 0.3) is 0 Å². The van der Waals surface area contributed by atoms with Gasteiger partial charge in [-0.25, -0.2) is 0 Å². The fourth-order valence-electron chi connectivity index (χ4n) is 1.39. The third-order valence-corrected chi connectivity index (χ3v) is 2.50. The number of rotatable bonds is 2. The van der Waals surface area contributed by atoms with Crippen LogP contribution in [0.4, 0.5) is 0 Å². The predicted molar refractivity (Wildman–Crippen MR) is 56.9 cm³/mol. The number of hydrogen-bond donors (Lipinski definition) is 2. The van der Waals surface area contributed by atoms with Crippen LogP contribution in [0.1, 0.15) is 11.0 Å². The molecule has 0 radical (unpaired) electrons. The molecule has 0 spiro atoms. The Kier molecular flexibility index (Phi) is 2.67. The third-order valence-electron chi connectivity index (χ3n) is 2.05. The largest absolute Gasteiger partial charge is 0.376 e. The Morgan fingerprint density at radius 1 is 1.21 bits per heavy atom. The van der Waals surface area contributed by atoms with Gasteiger partial charge in [-0.15, -0.1) is 0 Å². The molecular formula is C10H9NO2S. The van der Waals surface area contributed by atoms with Gasteiger partial charge >= 0.3 is 0 Å². The first-order valence-electron chi connectivity index (χ1n) is 4.15. The number of pyridine rings is 1. The molecule has 3 nitrogen and oxygen atoms in total. The zero-order chi connectivity index (χ0) is 9.97. The van der Waals surface area contributed by atoms with Gasteiger partial charge in [0.15, 0.2) is 5.44 Å². The van der Waals surface area contributed by atoms with Crippen molar-refractivity contribution in [1.82, 2.24) is 4.98 Å². The molecule has 0 aliphatic heterocycles. The van der Waals surface area contributed by atoms with E-state index >= 15 is 0 Å². The summed E-state index contributed by atoms with van der Waals surface area (Å²) in [7, 11) is 0. The molecule has 2 N–H and O–H groups in total. The first-order chi connectivity index (χ1) is 6.83. The molecule has 0 saturated carbocycles. The highest BCUT2D eigenvalue weighted by molar-refractivity contribution is 7.93. The molecule has 2 rings (SSSR count). The monoisotopic (exact) mass is 207 g/mol. The maximum atomic E-state index is 9.51. The summed E-state index contributed by atoms with van der Waals surface area (Å²) in [6.07, 6.45) is 1.62. The lowest BCUT2D eigenvalue weighted by Crippen LogP contribution is -1.93. The molecule has 0 aliphatic rings. The highest BCUT2D eigenvalue weighted by atomic mass is 32.2. The molecule has 1 aromatic heterocycles. The molecule has 72 valence electrons. The van der Waals surface area contributed by atoms with Crippen LogP contribution in [-0.2, 0) is 0 Å². The van der Waals surface area contributed by atoms with E-state index in [-0.39, 0.29) is 0 Å². The van der Waals surface area contributed by atoms with Gasteiger partial charge in [-0.3, -0.25) is 4.98 Å². The Bertz CT molecular complexity index is 442. The van der Waals surface area contributed by atoms with Gasteiger partial charge in [-0.05, 0) is 12.1 Å². The second kappa shape index (κ2) is 3.96. The quantitative estimate of drug-likeness (QED) is 0.586. The Morgan fingerprint density at radius 3 is 2.79 bits per heavy atom. The standard InChI is InChI=1S/C10H9NO2S/c12-10(14-13)8-5-6-11-9-4-2-1-3-7(8)9/h1-6,10,12-13H. The van der Waals surface area contributed by atoms with Crippen molar-refractivity contribution in [1.29, 1.82) is 0 Å². The van der Waals surface area contributed by atoms with E-state index in [1.807, 2.05) is 24.3 Å². The average molecular weight is 207 g/mol. The summed E-state index contributed by atoms with van der Waals surface area (Å²) in [6.45, 7) is 0. The van der Waals surface area contributed by atoms with Crippen LogP contribution in [0.3, 0.4) is 0 Å². The van der Waals surface area contributed by atoms with Crippen LogP contribution < -0.4 is 0 Å². The molecular weight excluding hydrogens is 198 g/mol. The van der Waals surface area contributed by atoms with E-state index in [1.54, 1.807) is 12.3 Å². The highest BCUT2D eigenvalue weighted by Gasteiger charge is 2.10. The van der Waals surface area contributed by atoms with Crippen LogP contribution in [0, 0.1) is 0 Å².